The molecule has 3 aromatic rings. The number of rotatable bonds is 3. The number of hydrogen-bond acceptors (Lipinski definition) is 3. The van der Waals surface area contributed by atoms with Crippen LogP contribution in [0.5, 0.6) is 0 Å². The number of fused-ring (bicyclic) bond motifs is 1. The number of benzene rings is 2. The highest BCUT2D eigenvalue weighted by Crippen LogP contribution is 2.25. The number of aromatic nitrogens is 2. The summed E-state index contributed by atoms with van der Waals surface area (Å²) in [5, 5.41) is 8.73. The highest BCUT2D eigenvalue weighted by atomic mass is 16.1. The fourth-order valence-corrected chi connectivity index (χ4v) is 3.26. The second kappa shape index (κ2) is 6.09. The van der Waals surface area contributed by atoms with Crippen LogP contribution < -0.4 is 11.1 Å². The first-order valence-electron chi connectivity index (χ1n) is 8.71. The number of carbonyl (C=O) groups excluding carboxylic acids is 1. The van der Waals surface area contributed by atoms with Crippen LogP contribution in [0.4, 0.5) is 0 Å². The van der Waals surface area contributed by atoms with Gasteiger partial charge in [0.25, 0.3) is 5.91 Å². The number of piperidine rings is 1. The first-order valence-corrected chi connectivity index (χ1v) is 8.13. The van der Waals surface area contributed by atoms with Crippen molar-refractivity contribution < 1.29 is 6.17 Å². The van der Waals surface area contributed by atoms with Crippen LogP contribution in [-0.2, 0) is 0 Å². The zero-order chi connectivity index (χ0) is 17.4. The van der Waals surface area contributed by atoms with Crippen molar-refractivity contribution in [1.29, 1.82) is 0 Å². The topological polar surface area (TPSA) is 72.9 Å². The molecule has 1 saturated heterocycles. The van der Waals surface area contributed by atoms with Crippen molar-refractivity contribution in [3.63, 3.8) is 0 Å². The summed E-state index contributed by atoms with van der Waals surface area (Å²) in [5.74, 6) is -0.0931. The summed E-state index contributed by atoms with van der Waals surface area (Å²) in [4.78, 5) is 11.6. The fourth-order valence-electron chi connectivity index (χ4n) is 3.26. The molecule has 0 bridgehead atoms. The lowest BCUT2D eigenvalue weighted by Gasteiger charge is -2.23. The van der Waals surface area contributed by atoms with Gasteiger partial charge in [-0.15, -0.1) is 0 Å². The monoisotopic (exact) mass is 321 g/mol. The van der Waals surface area contributed by atoms with Crippen molar-refractivity contribution in [3.05, 3.63) is 59.8 Å². The van der Waals surface area contributed by atoms with Crippen molar-refractivity contribution in [3.8, 4) is 5.69 Å². The first kappa shape index (κ1) is 13.7. The molecule has 0 aliphatic carbocycles. The Labute approximate surface area is 141 Å². The highest BCUT2D eigenvalue weighted by molar-refractivity contribution is 6.04. The van der Waals surface area contributed by atoms with Gasteiger partial charge in [0.05, 0.1) is 11.3 Å². The van der Waals surface area contributed by atoms with Crippen LogP contribution in [0.3, 0.4) is 0 Å². The molecule has 1 unspecified atom stereocenters. The lowest BCUT2D eigenvalue weighted by atomic mass is 9.92. The van der Waals surface area contributed by atoms with Gasteiger partial charge in [-0.2, -0.15) is 5.10 Å². The number of primary amides is 1. The molecule has 1 amide bonds. The third-order valence-electron chi connectivity index (χ3n) is 4.56. The molecule has 0 saturated carbocycles. The highest BCUT2D eigenvalue weighted by Gasteiger charge is 2.15. The van der Waals surface area contributed by atoms with Crippen LogP contribution in [0.25, 0.3) is 16.6 Å². The number of amides is 1. The molecule has 2 atom stereocenters. The normalized spacial score (nSPS) is 21.6. The molecular formula is C19H20N4O. The molecule has 3 N–H and O–H groups in total. The van der Waals surface area contributed by atoms with E-state index in [-0.39, 0.29) is 6.40 Å². The van der Waals surface area contributed by atoms with Gasteiger partial charge in [0, 0.05) is 19.5 Å². The minimum Gasteiger partial charge on any atom is -0.366 e. The average molecular weight is 321 g/mol. The Morgan fingerprint density at radius 1 is 1.29 bits per heavy atom. The van der Waals surface area contributed by atoms with E-state index in [0.717, 1.165) is 30.6 Å². The van der Waals surface area contributed by atoms with Gasteiger partial charge in [-0.05, 0) is 49.0 Å². The number of nitrogens with zero attached hydrogens (tertiary/aromatic N) is 2. The fraction of sp³-hybridized carbons (Fsp3) is 0.263. The van der Waals surface area contributed by atoms with E-state index in [2.05, 4.69) is 22.5 Å². The largest absolute Gasteiger partial charge is 0.366 e. The van der Waals surface area contributed by atoms with E-state index in [1.54, 1.807) is 10.7 Å². The predicted octanol–water partition coefficient (Wildman–Crippen LogP) is 2.59. The number of hydrogen-bond donors (Lipinski definition) is 2. The summed E-state index contributed by atoms with van der Waals surface area (Å²) in [5.41, 5.74) is 8.65. The van der Waals surface area contributed by atoms with E-state index in [0.29, 0.717) is 17.0 Å². The number of carbonyl (C=O) groups is 1. The van der Waals surface area contributed by atoms with E-state index in [1.807, 2.05) is 30.5 Å². The Morgan fingerprint density at radius 2 is 2.12 bits per heavy atom. The first-order chi connectivity index (χ1) is 12.1. The van der Waals surface area contributed by atoms with Gasteiger partial charge in [-0.1, -0.05) is 24.3 Å². The summed E-state index contributed by atoms with van der Waals surface area (Å²) in [6, 6.07) is 13.7. The maximum Gasteiger partial charge on any atom is 0.250 e. The molecule has 0 radical (unpaired) electrons. The maximum atomic E-state index is 11.6. The van der Waals surface area contributed by atoms with Crippen molar-refractivity contribution in [2.45, 2.75) is 18.7 Å². The molecular weight excluding hydrogens is 300 g/mol. The molecule has 1 fully saturated rings. The number of nitrogens with two attached hydrogens (primary N) is 1. The lowest BCUT2D eigenvalue weighted by molar-refractivity contribution is 0.100. The van der Waals surface area contributed by atoms with E-state index in [1.165, 1.54) is 5.56 Å². The zero-order valence-corrected chi connectivity index (χ0v) is 13.3. The number of nitrogens with one attached hydrogen (secondary N) is 1. The summed E-state index contributed by atoms with van der Waals surface area (Å²) < 4.78 is 9.70. The molecule has 1 aliphatic heterocycles. The summed E-state index contributed by atoms with van der Waals surface area (Å²) in [6.45, 7) is 1.69. The van der Waals surface area contributed by atoms with Crippen molar-refractivity contribution >= 4 is 16.8 Å². The van der Waals surface area contributed by atoms with E-state index in [4.69, 9.17) is 7.10 Å². The quantitative estimate of drug-likeness (QED) is 0.779. The summed E-state index contributed by atoms with van der Waals surface area (Å²) >= 11 is 0. The molecule has 2 aromatic carbocycles. The van der Waals surface area contributed by atoms with Gasteiger partial charge in [0.2, 0.25) is 0 Å². The van der Waals surface area contributed by atoms with Crippen LogP contribution in [0.2, 0.25) is 0 Å². The van der Waals surface area contributed by atoms with Crippen LogP contribution in [0.15, 0.2) is 48.7 Å². The molecule has 2 heterocycles. The third kappa shape index (κ3) is 2.67. The molecule has 5 nitrogen and oxygen atoms in total. The van der Waals surface area contributed by atoms with Crippen LogP contribution >= 0.6 is 0 Å². The second-order valence-corrected chi connectivity index (χ2v) is 6.15. The van der Waals surface area contributed by atoms with Crippen LogP contribution in [0, 0.1) is 0 Å². The molecule has 1 aliphatic rings. The Balaban J connectivity index is 1.65. The van der Waals surface area contributed by atoms with Gasteiger partial charge in [0.15, 0.2) is 0 Å². The smallest absolute Gasteiger partial charge is 0.250 e. The minimum atomic E-state index is -0.471. The van der Waals surface area contributed by atoms with Crippen molar-refractivity contribution in [2.75, 3.05) is 13.1 Å². The SMILES string of the molecule is [2H]C1CNC[C@@H](c2ccc(-n3cc4cccc(C(N)=O)c4n3)cc2)C1. The third-order valence-corrected chi connectivity index (χ3v) is 4.56. The standard InChI is InChI=1S/C19H20N4O/c20-19(24)17-5-1-3-15-12-23(22-18(15)17)16-8-6-13(7-9-16)14-4-2-10-21-11-14/h1,3,5-9,12,14,21H,2,4,10-11H2,(H2,20,24)/t14-/m0/s1/i2D/t2?,14-. The average Bonchev–Trinajstić information content (AvgIpc) is 3.06. The minimum absolute atomic E-state index is 0.0398. The lowest BCUT2D eigenvalue weighted by Crippen LogP contribution is -2.28. The second-order valence-electron chi connectivity index (χ2n) is 6.15. The maximum absolute atomic E-state index is 11.6. The summed E-state index contributed by atoms with van der Waals surface area (Å²) in [6.07, 6.45) is 2.75. The molecule has 24 heavy (non-hydrogen) atoms. The van der Waals surface area contributed by atoms with E-state index < -0.39 is 5.91 Å². The van der Waals surface area contributed by atoms with Gasteiger partial charge < -0.3 is 11.1 Å². The Morgan fingerprint density at radius 3 is 2.88 bits per heavy atom. The van der Waals surface area contributed by atoms with E-state index >= 15 is 0 Å². The predicted molar refractivity (Wildman–Crippen MR) is 94.4 cm³/mol. The Bertz CT molecular complexity index is 919. The van der Waals surface area contributed by atoms with Gasteiger partial charge in [-0.25, -0.2) is 4.68 Å². The zero-order valence-electron chi connectivity index (χ0n) is 14.3. The molecule has 5 heteroatoms. The van der Waals surface area contributed by atoms with Gasteiger partial charge >= 0.3 is 0 Å². The molecule has 4 rings (SSSR count). The molecule has 122 valence electrons. The Hall–Kier alpha value is -2.66. The molecule has 0 spiro atoms. The van der Waals surface area contributed by atoms with Gasteiger partial charge in [-0.3, -0.25) is 4.79 Å². The van der Waals surface area contributed by atoms with Crippen molar-refractivity contribution in [1.82, 2.24) is 15.1 Å². The van der Waals surface area contributed by atoms with Crippen molar-refractivity contribution in [2.24, 2.45) is 5.73 Å². The summed E-state index contributed by atoms with van der Waals surface area (Å²) in [7, 11) is 0. The Kier molecular flexibility index (Phi) is 3.49. The molecule has 1 aromatic heterocycles. The van der Waals surface area contributed by atoms with Crippen LogP contribution in [0.1, 0.15) is 36.0 Å². The van der Waals surface area contributed by atoms with Gasteiger partial charge in [0.1, 0.15) is 5.52 Å². The van der Waals surface area contributed by atoms with E-state index in [9.17, 15) is 4.79 Å². The van der Waals surface area contributed by atoms with Crippen LogP contribution in [-0.4, -0.2) is 28.8 Å².